The molecule has 174 valence electrons. The second-order valence-corrected chi connectivity index (χ2v) is 9.30. The van der Waals surface area contributed by atoms with Gasteiger partial charge in [-0.05, 0) is 68.7 Å². The number of esters is 1. The van der Waals surface area contributed by atoms with E-state index in [0.717, 1.165) is 47.4 Å². The van der Waals surface area contributed by atoms with E-state index in [2.05, 4.69) is 6.58 Å². The van der Waals surface area contributed by atoms with Gasteiger partial charge in [-0.25, -0.2) is 9.18 Å². The smallest absolute Gasteiger partial charge is 0.339 e. The zero-order chi connectivity index (χ0) is 23.4. The minimum absolute atomic E-state index is 0.0712. The van der Waals surface area contributed by atoms with Crippen LogP contribution < -0.4 is 0 Å². The molecule has 0 spiro atoms. The Morgan fingerprint density at radius 2 is 2.15 bits per heavy atom. The summed E-state index contributed by atoms with van der Waals surface area (Å²) >= 11 is 0. The molecule has 7 heteroatoms. The van der Waals surface area contributed by atoms with Gasteiger partial charge in [0, 0.05) is 31.2 Å². The van der Waals surface area contributed by atoms with Crippen molar-refractivity contribution in [3.63, 3.8) is 0 Å². The molecular formula is C26H29FN2O4. The van der Waals surface area contributed by atoms with E-state index in [1.54, 1.807) is 24.8 Å². The fraction of sp³-hybridized carbons (Fsp3) is 0.500. The first-order valence-electron chi connectivity index (χ1n) is 11.7. The molecule has 0 N–H and O–H groups in total. The van der Waals surface area contributed by atoms with E-state index < -0.39 is 12.1 Å². The van der Waals surface area contributed by atoms with E-state index in [1.165, 1.54) is 0 Å². The van der Waals surface area contributed by atoms with E-state index in [4.69, 9.17) is 14.5 Å². The molecule has 5 rings (SSSR count). The number of halogens is 1. The largest absolute Gasteiger partial charge is 0.458 e. The minimum Gasteiger partial charge on any atom is -0.458 e. The molecule has 6 nitrogen and oxygen atoms in total. The van der Waals surface area contributed by atoms with Crippen LogP contribution in [-0.2, 0) is 19.1 Å². The molecular weight excluding hydrogens is 423 g/mol. The first-order valence-corrected chi connectivity index (χ1v) is 11.7. The van der Waals surface area contributed by atoms with Crippen LogP contribution >= 0.6 is 0 Å². The highest BCUT2D eigenvalue weighted by atomic mass is 19.1. The lowest BCUT2D eigenvalue weighted by atomic mass is 9.67. The Hall–Kier alpha value is -2.80. The molecule has 1 fully saturated rings. The average molecular weight is 453 g/mol. The quantitative estimate of drug-likeness (QED) is 0.598. The third-order valence-corrected chi connectivity index (χ3v) is 7.64. The number of carbonyl (C=O) groups is 2. The van der Waals surface area contributed by atoms with Crippen LogP contribution in [0.15, 0.2) is 62.7 Å². The van der Waals surface area contributed by atoms with Gasteiger partial charge in [0.15, 0.2) is 6.10 Å². The van der Waals surface area contributed by atoms with Crippen molar-refractivity contribution in [3.05, 3.63) is 57.7 Å². The van der Waals surface area contributed by atoms with Gasteiger partial charge in [0.2, 0.25) is 0 Å². The number of allylic oxidation sites excluding steroid dienone is 4. The van der Waals surface area contributed by atoms with E-state index in [1.807, 2.05) is 6.92 Å². The maximum Gasteiger partial charge on any atom is 0.339 e. The molecule has 3 aliphatic heterocycles. The van der Waals surface area contributed by atoms with E-state index in [9.17, 15) is 14.0 Å². The molecule has 0 saturated heterocycles. The maximum absolute atomic E-state index is 14.6. The Morgan fingerprint density at radius 1 is 1.36 bits per heavy atom. The average Bonchev–Trinajstić information content (AvgIpc) is 3.09. The number of carbonyl (C=O) groups excluding carboxylic acids is 2. The fourth-order valence-corrected chi connectivity index (χ4v) is 5.89. The van der Waals surface area contributed by atoms with Crippen molar-refractivity contribution in [1.82, 2.24) is 4.90 Å². The number of amides is 1. The number of aliphatic imine (C=N–C) groups is 1. The van der Waals surface area contributed by atoms with Crippen molar-refractivity contribution >= 4 is 17.6 Å². The van der Waals surface area contributed by atoms with Crippen LogP contribution in [0.3, 0.4) is 0 Å². The number of hydrogen-bond donors (Lipinski definition) is 0. The van der Waals surface area contributed by atoms with Crippen LogP contribution in [0.25, 0.3) is 0 Å². The Morgan fingerprint density at radius 3 is 2.91 bits per heavy atom. The summed E-state index contributed by atoms with van der Waals surface area (Å²) in [6.45, 7) is 10.3. The Labute approximate surface area is 193 Å². The van der Waals surface area contributed by atoms with Crippen molar-refractivity contribution in [2.24, 2.45) is 16.8 Å². The summed E-state index contributed by atoms with van der Waals surface area (Å²) in [5.74, 6) is -0.526. The molecule has 1 amide bonds. The lowest BCUT2D eigenvalue weighted by Gasteiger charge is -2.38. The standard InChI is InChI=1S/C26H29FN2O4/c1-5-32-24-14(3)19(12-33-26(24)31)25(30)29-11-18-17-8-6-7-16-13(2)20(27)9-10-21(22(16)17)28-23(18)15(29)4/h9,17,22,24H,4-8,10-12H2,1-3H3. The SMILES string of the molecule is C=C1C2=C(CN1C(=O)C1=C(C)C(OCC)C(=O)OC1)C1CCCC3=C(C)C(F)=CCC(=N2)C31. The summed E-state index contributed by atoms with van der Waals surface area (Å²) in [4.78, 5) is 32.3. The Balaban J connectivity index is 1.48. The molecule has 0 aromatic carbocycles. The summed E-state index contributed by atoms with van der Waals surface area (Å²) in [5, 5.41) is 0. The van der Waals surface area contributed by atoms with Crippen LogP contribution in [0, 0.1) is 11.8 Å². The van der Waals surface area contributed by atoms with Crippen LogP contribution in [0.1, 0.15) is 46.5 Å². The van der Waals surface area contributed by atoms with Crippen molar-refractivity contribution in [2.75, 3.05) is 19.8 Å². The van der Waals surface area contributed by atoms with Crippen LogP contribution in [-0.4, -0.2) is 48.4 Å². The summed E-state index contributed by atoms with van der Waals surface area (Å²) in [6.07, 6.45) is 4.10. The number of ether oxygens (including phenoxy) is 2. The minimum atomic E-state index is -0.858. The Bertz CT molecular complexity index is 1120. The van der Waals surface area contributed by atoms with E-state index >= 15 is 0 Å². The molecule has 0 bridgehead atoms. The zero-order valence-electron chi connectivity index (χ0n) is 19.4. The van der Waals surface area contributed by atoms with Crippen LogP contribution in [0.4, 0.5) is 4.39 Å². The van der Waals surface area contributed by atoms with Gasteiger partial charge in [0.25, 0.3) is 5.91 Å². The van der Waals surface area contributed by atoms with E-state index in [-0.39, 0.29) is 30.2 Å². The first-order chi connectivity index (χ1) is 15.8. The van der Waals surface area contributed by atoms with Crippen LogP contribution in [0.5, 0.6) is 0 Å². The lowest BCUT2D eigenvalue weighted by molar-refractivity contribution is -0.155. The maximum atomic E-state index is 14.6. The van der Waals surface area contributed by atoms with Crippen LogP contribution in [0.2, 0.25) is 0 Å². The van der Waals surface area contributed by atoms with Crippen molar-refractivity contribution < 1.29 is 23.5 Å². The molecule has 1 saturated carbocycles. The van der Waals surface area contributed by atoms with Gasteiger partial charge in [-0.2, -0.15) is 0 Å². The van der Waals surface area contributed by atoms with Gasteiger partial charge >= 0.3 is 5.97 Å². The summed E-state index contributed by atoms with van der Waals surface area (Å²) < 4.78 is 25.3. The second kappa shape index (κ2) is 8.20. The summed E-state index contributed by atoms with van der Waals surface area (Å²) in [5.41, 5.74) is 6.32. The number of hydrogen-bond acceptors (Lipinski definition) is 5. The van der Waals surface area contributed by atoms with Crippen molar-refractivity contribution in [2.45, 2.75) is 52.6 Å². The van der Waals surface area contributed by atoms with Gasteiger partial charge in [-0.3, -0.25) is 9.79 Å². The predicted octanol–water partition coefficient (Wildman–Crippen LogP) is 4.32. The topological polar surface area (TPSA) is 68.2 Å². The highest BCUT2D eigenvalue weighted by Crippen LogP contribution is 2.50. The fourth-order valence-electron chi connectivity index (χ4n) is 5.89. The number of nitrogens with zero attached hydrogens (tertiary/aromatic N) is 2. The normalized spacial score (nSPS) is 29.5. The molecule has 0 aromatic rings. The molecule has 5 aliphatic rings. The highest BCUT2D eigenvalue weighted by molar-refractivity contribution is 6.00. The van der Waals surface area contributed by atoms with Crippen molar-refractivity contribution in [3.8, 4) is 0 Å². The van der Waals surface area contributed by atoms with Crippen molar-refractivity contribution in [1.29, 1.82) is 0 Å². The number of fused-ring (bicyclic) bond motifs is 1. The molecule has 3 atom stereocenters. The number of rotatable bonds is 3. The van der Waals surface area contributed by atoms with Gasteiger partial charge in [-0.1, -0.05) is 12.2 Å². The molecule has 0 radical (unpaired) electrons. The van der Waals surface area contributed by atoms with Gasteiger partial charge in [0.1, 0.15) is 12.4 Å². The molecule has 0 aromatic heterocycles. The Kier molecular flexibility index (Phi) is 5.47. The van der Waals surface area contributed by atoms with E-state index in [0.29, 0.717) is 36.4 Å². The third kappa shape index (κ3) is 3.36. The molecule has 3 unspecified atom stereocenters. The lowest BCUT2D eigenvalue weighted by Crippen LogP contribution is -2.40. The van der Waals surface area contributed by atoms with Gasteiger partial charge < -0.3 is 14.4 Å². The second-order valence-electron chi connectivity index (χ2n) is 9.30. The number of cyclic esters (lactones) is 1. The molecule has 3 heterocycles. The molecule has 33 heavy (non-hydrogen) atoms. The predicted molar refractivity (Wildman–Crippen MR) is 122 cm³/mol. The summed E-state index contributed by atoms with van der Waals surface area (Å²) in [6, 6.07) is 0. The molecule has 2 aliphatic carbocycles. The highest BCUT2D eigenvalue weighted by Gasteiger charge is 2.46. The zero-order valence-corrected chi connectivity index (χ0v) is 19.4. The summed E-state index contributed by atoms with van der Waals surface area (Å²) in [7, 11) is 0. The van der Waals surface area contributed by atoms with Gasteiger partial charge in [0.05, 0.1) is 17.0 Å². The third-order valence-electron chi connectivity index (χ3n) is 7.64. The monoisotopic (exact) mass is 452 g/mol. The first kappa shape index (κ1) is 22.0. The van der Waals surface area contributed by atoms with Gasteiger partial charge in [-0.15, -0.1) is 0 Å².